The van der Waals surface area contributed by atoms with E-state index < -0.39 is 0 Å². The SMILES string of the molecule is CC(C)C(C)C.CC1CC2OB(CCl)O[C@@]2(C)C(C)C1(C)C. The van der Waals surface area contributed by atoms with Crippen LogP contribution in [0.1, 0.15) is 68.7 Å². The third-order valence-corrected chi connectivity index (χ3v) is 6.87. The Balaban J connectivity index is 0.000000346. The van der Waals surface area contributed by atoms with Crippen molar-refractivity contribution in [3.05, 3.63) is 0 Å². The van der Waals surface area contributed by atoms with Crippen LogP contribution in [0.5, 0.6) is 0 Å². The maximum Gasteiger partial charge on any atom is 0.473 e. The van der Waals surface area contributed by atoms with Gasteiger partial charge in [-0.2, -0.15) is 0 Å². The Morgan fingerprint density at radius 1 is 1.09 bits per heavy atom. The Morgan fingerprint density at radius 3 is 2.00 bits per heavy atom. The van der Waals surface area contributed by atoms with Crippen LogP contribution < -0.4 is 0 Å². The third kappa shape index (κ3) is 4.02. The first-order valence-corrected chi connectivity index (χ1v) is 9.39. The Bertz CT molecular complexity index is 353. The molecule has 22 heavy (non-hydrogen) atoms. The van der Waals surface area contributed by atoms with Crippen LogP contribution in [0.3, 0.4) is 0 Å². The van der Waals surface area contributed by atoms with Gasteiger partial charge >= 0.3 is 7.12 Å². The van der Waals surface area contributed by atoms with Crippen LogP contribution in [0.25, 0.3) is 0 Å². The Labute approximate surface area is 143 Å². The van der Waals surface area contributed by atoms with Gasteiger partial charge in [-0.15, -0.1) is 11.6 Å². The Hall–Kier alpha value is 0.275. The van der Waals surface area contributed by atoms with Crippen molar-refractivity contribution in [2.24, 2.45) is 29.1 Å². The van der Waals surface area contributed by atoms with Gasteiger partial charge in [0.1, 0.15) is 0 Å². The van der Waals surface area contributed by atoms with Gasteiger partial charge in [-0.25, -0.2) is 0 Å². The van der Waals surface area contributed by atoms with Crippen LogP contribution in [0, 0.1) is 29.1 Å². The molecule has 2 aliphatic rings. The highest BCUT2D eigenvalue weighted by Crippen LogP contribution is 2.54. The number of halogens is 1. The molecule has 0 spiro atoms. The molecule has 0 amide bonds. The highest BCUT2D eigenvalue weighted by atomic mass is 35.5. The van der Waals surface area contributed by atoms with Crippen molar-refractivity contribution in [3.63, 3.8) is 0 Å². The summed E-state index contributed by atoms with van der Waals surface area (Å²) in [6.07, 6.45) is 1.27. The van der Waals surface area contributed by atoms with E-state index in [2.05, 4.69) is 62.3 Å². The van der Waals surface area contributed by atoms with Crippen LogP contribution in [-0.2, 0) is 9.31 Å². The number of hydrogen-bond acceptors (Lipinski definition) is 2. The van der Waals surface area contributed by atoms with Crippen LogP contribution in [0.4, 0.5) is 0 Å². The second kappa shape index (κ2) is 7.44. The fourth-order valence-corrected chi connectivity index (χ4v) is 3.37. The van der Waals surface area contributed by atoms with Crippen LogP contribution in [0.15, 0.2) is 0 Å². The lowest BCUT2D eigenvalue weighted by atomic mass is 9.57. The van der Waals surface area contributed by atoms with Gasteiger partial charge in [0.15, 0.2) is 0 Å². The molecule has 1 saturated carbocycles. The van der Waals surface area contributed by atoms with Gasteiger partial charge in [0.2, 0.25) is 0 Å². The monoisotopic (exact) mass is 330 g/mol. The van der Waals surface area contributed by atoms with Crippen molar-refractivity contribution in [3.8, 4) is 0 Å². The van der Waals surface area contributed by atoms with Gasteiger partial charge < -0.3 is 9.31 Å². The van der Waals surface area contributed by atoms with Crippen molar-refractivity contribution in [1.82, 2.24) is 0 Å². The highest BCUT2D eigenvalue weighted by Gasteiger charge is 2.59. The second-order valence-corrected chi connectivity index (χ2v) is 8.99. The Kier molecular flexibility index (Phi) is 6.88. The molecule has 0 radical (unpaired) electrons. The minimum atomic E-state index is -0.222. The van der Waals surface area contributed by atoms with Crippen LogP contribution in [0.2, 0.25) is 0 Å². The summed E-state index contributed by atoms with van der Waals surface area (Å²) >= 11 is 5.84. The van der Waals surface area contributed by atoms with E-state index in [9.17, 15) is 0 Å². The van der Waals surface area contributed by atoms with E-state index >= 15 is 0 Å². The smallest absolute Gasteiger partial charge is 0.405 e. The fourth-order valence-electron chi connectivity index (χ4n) is 3.23. The van der Waals surface area contributed by atoms with E-state index in [1.165, 1.54) is 0 Å². The molecule has 2 nitrogen and oxygen atoms in total. The molecule has 1 aliphatic heterocycles. The molecule has 0 aromatic heterocycles. The molecule has 1 saturated heterocycles. The van der Waals surface area contributed by atoms with E-state index in [1.54, 1.807) is 0 Å². The van der Waals surface area contributed by atoms with Crippen molar-refractivity contribution < 1.29 is 9.31 Å². The zero-order valence-electron chi connectivity index (χ0n) is 16.1. The highest BCUT2D eigenvalue weighted by molar-refractivity contribution is 6.57. The summed E-state index contributed by atoms with van der Waals surface area (Å²) in [5.74, 6) is 3.25. The van der Waals surface area contributed by atoms with Gasteiger partial charge in [-0.3, -0.25) is 0 Å². The predicted molar refractivity (Wildman–Crippen MR) is 97.2 cm³/mol. The van der Waals surface area contributed by atoms with Crippen molar-refractivity contribution in [2.75, 3.05) is 5.78 Å². The molecule has 2 fully saturated rings. The molecule has 4 atom stereocenters. The summed E-state index contributed by atoms with van der Waals surface area (Å²) < 4.78 is 11.9. The molecular formula is C18H36BClO2. The zero-order chi connectivity index (χ0) is 17.3. The minimum Gasteiger partial charge on any atom is -0.405 e. The van der Waals surface area contributed by atoms with E-state index in [4.69, 9.17) is 20.9 Å². The summed E-state index contributed by atoms with van der Waals surface area (Å²) in [5.41, 5.74) is 0.116. The average Bonchev–Trinajstić information content (AvgIpc) is 2.75. The molecule has 1 aliphatic carbocycles. The molecular weight excluding hydrogens is 294 g/mol. The summed E-state index contributed by atoms with van der Waals surface area (Å²) in [6.45, 7) is 20.4. The lowest BCUT2D eigenvalue weighted by Crippen LogP contribution is -2.56. The molecule has 4 heteroatoms. The first-order valence-electron chi connectivity index (χ1n) is 8.86. The van der Waals surface area contributed by atoms with Crippen LogP contribution >= 0.6 is 11.6 Å². The Morgan fingerprint density at radius 2 is 1.59 bits per heavy atom. The van der Waals surface area contributed by atoms with E-state index in [0.717, 1.165) is 18.3 Å². The van der Waals surface area contributed by atoms with E-state index in [0.29, 0.717) is 17.6 Å². The first-order chi connectivity index (χ1) is 9.96. The summed E-state index contributed by atoms with van der Waals surface area (Å²) in [5, 5.41) is 0. The lowest BCUT2D eigenvalue weighted by molar-refractivity contribution is -0.110. The van der Waals surface area contributed by atoms with Gasteiger partial charge in [0.25, 0.3) is 0 Å². The molecule has 0 aromatic rings. The quantitative estimate of drug-likeness (QED) is 0.496. The van der Waals surface area contributed by atoms with E-state index in [1.807, 2.05) is 0 Å². The largest absolute Gasteiger partial charge is 0.473 e. The minimum absolute atomic E-state index is 0.171. The fraction of sp³-hybridized carbons (Fsp3) is 1.00. The van der Waals surface area contributed by atoms with E-state index in [-0.39, 0.29) is 24.2 Å². The van der Waals surface area contributed by atoms with Gasteiger partial charge in [0.05, 0.1) is 17.5 Å². The van der Waals surface area contributed by atoms with Gasteiger partial charge in [-0.1, -0.05) is 55.4 Å². The molecule has 0 N–H and O–H groups in total. The predicted octanol–water partition coefficient (Wildman–Crippen LogP) is 5.43. The van der Waals surface area contributed by atoms with Gasteiger partial charge in [-0.05, 0) is 42.4 Å². The standard InChI is InChI=1S/C12H22BClO2.C6H14/c1-8-6-10-12(5,9(2)11(8,3)4)16-13(7-14)15-10;1-5(2)6(3)4/h8-10H,6-7H2,1-5H3;5-6H,1-4H3/t8?,9?,10?,12-;/m0./s1. The summed E-state index contributed by atoms with van der Waals surface area (Å²) in [4.78, 5) is 0. The van der Waals surface area contributed by atoms with Crippen molar-refractivity contribution >= 4 is 18.7 Å². The maximum absolute atomic E-state index is 6.04. The molecule has 0 aromatic carbocycles. The molecule has 130 valence electrons. The number of alkyl halides is 1. The average molecular weight is 331 g/mol. The molecule has 3 unspecified atom stereocenters. The van der Waals surface area contributed by atoms with Gasteiger partial charge in [0, 0.05) is 0 Å². The van der Waals surface area contributed by atoms with Crippen molar-refractivity contribution in [1.29, 1.82) is 0 Å². The van der Waals surface area contributed by atoms with Crippen molar-refractivity contribution in [2.45, 2.75) is 80.4 Å². The number of fused-ring (bicyclic) bond motifs is 1. The summed E-state index contributed by atoms with van der Waals surface area (Å²) in [7, 11) is -0.222. The van der Waals surface area contributed by atoms with Crippen LogP contribution in [-0.4, -0.2) is 24.6 Å². The number of hydrogen-bond donors (Lipinski definition) is 0. The number of rotatable bonds is 2. The first kappa shape index (κ1) is 20.3. The molecule has 2 rings (SSSR count). The summed E-state index contributed by atoms with van der Waals surface area (Å²) in [6, 6.07) is 0. The zero-order valence-corrected chi connectivity index (χ0v) is 16.8. The second-order valence-electron chi connectivity index (χ2n) is 8.68. The molecule has 0 bridgehead atoms. The normalized spacial score (nSPS) is 37.1. The maximum atomic E-state index is 6.04. The lowest BCUT2D eigenvalue weighted by Gasteiger charge is -2.53. The molecule has 1 heterocycles. The third-order valence-electron chi connectivity index (χ3n) is 6.61. The topological polar surface area (TPSA) is 18.5 Å².